The van der Waals surface area contributed by atoms with Gasteiger partial charge in [-0.05, 0) is 30.3 Å². The third kappa shape index (κ3) is 5.09. The van der Waals surface area contributed by atoms with Gasteiger partial charge in [0, 0.05) is 36.3 Å². The van der Waals surface area contributed by atoms with Crippen LogP contribution in [-0.2, 0) is 11.3 Å². The number of ether oxygens (including phenoxy) is 2. The van der Waals surface area contributed by atoms with Gasteiger partial charge in [0.2, 0.25) is 0 Å². The number of nitro benzene ring substituents is 1. The lowest BCUT2D eigenvalue weighted by molar-refractivity contribution is -0.384. The fraction of sp³-hybridized carbons (Fsp3) is 0.235. The van der Waals surface area contributed by atoms with Gasteiger partial charge in [-0.3, -0.25) is 14.9 Å². The zero-order valence-corrected chi connectivity index (χ0v) is 14.5. The first-order chi connectivity index (χ1) is 11.9. The summed E-state index contributed by atoms with van der Waals surface area (Å²) in [5.74, 6) is 0.772. The Balaban J connectivity index is 1.94. The molecule has 1 amide bonds. The number of halogens is 1. The summed E-state index contributed by atoms with van der Waals surface area (Å²) in [7, 11) is 3.19. The van der Waals surface area contributed by atoms with Gasteiger partial charge in [0.15, 0.2) is 6.61 Å². The van der Waals surface area contributed by atoms with Gasteiger partial charge in [-0.1, -0.05) is 11.6 Å². The van der Waals surface area contributed by atoms with Crippen molar-refractivity contribution < 1.29 is 19.2 Å². The molecule has 0 saturated heterocycles. The molecular formula is C17H17ClN2O5. The number of nitro groups is 1. The first kappa shape index (κ1) is 18.5. The summed E-state index contributed by atoms with van der Waals surface area (Å²) in [6.07, 6.45) is 0. The van der Waals surface area contributed by atoms with Crippen molar-refractivity contribution in [2.75, 3.05) is 20.8 Å². The average Bonchev–Trinajstić information content (AvgIpc) is 2.60. The maximum absolute atomic E-state index is 12.2. The first-order valence-electron chi connectivity index (χ1n) is 7.34. The lowest BCUT2D eigenvalue weighted by atomic mass is 10.2. The predicted molar refractivity (Wildman–Crippen MR) is 93.1 cm³/mol. The van der Waals surface area contributed by atoms with Crippen molar-refractivity contribution in [3.8, 4) is 11.5 Å². The number of benzene rings is 2. The molecule has 0 radical (unpaired) electrons. The van der Waals surface area contributed by atoms with Crippen molar-refractivity contribution >= 4 is 23.2 Å². The summed E-state index contributed by atoms with van der Waals surface area (Å²) >= 11 is 5.98. The van der Waals surface area contributed by atoms with Crippen LogP contribution in [0.1, 0.15) is 5.56 Å². The van der Waals surface area contributed by atoms with E-state index in [0.29, 0.717) is 23.1 Å². The number of carbonyl (C=O) groups is 1. The lowest BCUT2D eigenvalue weighted by Gasteiger charge is -2.19. The van der Waals surface area contributed by atoms with Gasteiger partial charge in [0.25, 0.3) is 11.6 Å². The highest BCUT2D eigenvalue weighted by molar-refractivity contribution is 6.30. The van der Waals surface area contributed by atoms with Crippen molar-refractivity contribution in [1.29, 1.82) is 0 Å². The van der Waals surface area contributed by atoms with Crippen LogP contribution in [0.3, 0.4) is 0 Å². The number of non-ortho nitro benzene ring substituents is 1. The second kappa shape index (κ2) is 8.34. The SMILES string of the molecule is COc1ccc(Cl)cc1CN(C)C(=O)COc1ccc([N+](=O)[O-])cc1. The highest BCUT2D eigenvalue weighted by Gasteiger charge is 2.14. The first-order valence-corrected chi connectivity index (χ1v) is 7.72. The molecule has 8 heteroatoms. The Hall–Kier alpha value is -2.80. The van der Waals surface area contributed by atoms with E-state index in [0.717, 1.165) is 5.56 Å². The summed E-state index contributed by atoms with van der Waals surface area (Å²) in [6, 6.07) is 10.7. The highest BCUT2D eigenvalue weighted by Crippen LogP contribution is 2.24. The number of carbonyl (C=O) groups excluding carboxylic acids is 1. The molecule has 2 aromatic carbocycles. The van der Waals surface area contributed by atoms with Gasteiger partial charge in [-0.15, -0.1) is 0 Å². The standard InChI is InChI=1S/C17H17ClN2O5/c1-19(10-12-9-13(18)3-8-16(12)24-2)17(21)11-25-15-6-4-14(5-7-15)20(22)23/h3-9H,10-11H2,1-2H3. The molecule has 2 rings (SSSR count). The molecule has 0 heterocycles. The second-order valence-corrected chi connectivity index (χ2v) is 5.68. The normalized spacial score (nSPS) is 10.2. The zero-order chi connectivity index (χ0) is 18.4. The van der Waals surface area contributed by atoms with Crippen LogP contribution >= 0.6 is 11.6 Å². The fourth-order valence-corrected chi connectivity index (χ4v) is 2.33. The molecule has 0 fully saturated rings. The molecule has 0 aliphatic rings. The molecule has 132 valence electrons. The Bertz CT molecular complexity index is 764. The number of amides is 1. The van der Waals surface area contributed by atoms with Gasteiger partial charge in [0.05, 0.1) is 12.0 Å². The topological polar surface area (TPSA) is 81.9 Å². The molecule has 25 heavy (non-hydrogen) atoms. The molecule has 0 saturated carbocycles. The number of nitrogens with zero attached hydrogens (tertiary/aromatic N) is 2. The summed E-state index contributed by atoms with van der Waals surface area (Å²) in [4.78, 5) is 23.8. The van der Waals surface area contributed by atoms with E-state index in [-0.39, 0.29) is 18.2 Å². The van der Waals surface area contributed by atoms with E-state index < -0.39 is 4.92 Å². The van der Waals surface area contributed by atoms with E-state index in [1.165, 1.54) is 29.2 Å². The van der Waals surface area contributed by atoms with E-state index in [2.05, 4.69) is 0 Å². The monoisotopic (exact) mass is 364 g/mol. The highest BCUT2D eigenvalue weighted by atomic mass is 35.5. The summed E-state index contributed by atoms with van der Waals surface area (Å²) in [6.45, 7) is 0.128. The minimum atomic E-state index is -0.499. The van der Waals surface area contributed by atoms with Crippen LogP contribution < -0.4 is 9.47 Å². The molecule has 0 aliphatic carbocycles. The van der Waals surface area contributed by atoms with Gasteiger partial charge in [0.1, 0.15) is 11.5 Å². The second-order valence-electron chi connectivity index (χ2n) is 5.25. The molecule has 7 nitrogen and oxygen atoms in total. The van der Waals surface area contributed by atoms with Crippen LogP contribution in [0.25, 0.3) is 0 Å². The van der Waals surface area contributed by atoms with Crippen LogP contribution in [0, 0.1) is 10.1 Å². The Labute approximate surface area is 149 Å². The zero-order valence-electron chi connectivity index (χ0n) is 13.8. The van der Waals surface area contributed by atoms with Gasteiger partial charge in [-0.25, -0.2) is 0 Å². The summed E-state index contributed by atoms with van der Waals surface area (Å²) in [5.41, 5.74) is 0.741. The minimum absolute atomic E-state index is 0.0381. The largest absolute Gasteiger partial charge is 0.496 e. The fourth-order valence-electron chi connectivity index (χ4n) is 2.13. The molecule has 0 unspecified atom stereocenters. The van der Waals surface area contributed by atoms with E-state index in [1.807, 2.05) is 0 Å². The van der Waals surface area contributed by atoms with E-state index in [1.54, 1.807) is 32.4 Å². The molecule has 0 aromatic heterocycles. The third-order valence-corrected chi connectivity index (χ3v) is 3.72. The third-order valence-electron chi connectivity index (χ3n) is 3.49. The molecule has 2 aromatic rings. The Morgan fingerprint density at radius 1 is 1.24 bits per heavy atom. The van der Waals surface area contributed by atoms with Gasteiger partial charge < -0.3 is 14.4 Å². The Morgan fingerprint density at radius 2 is 1.92 bits per heavy atom. The van der Waals surface area contributed by atoms with Crippen molar-refractivity contribution in [3.05, 3.63) is 63.2 Å². The van der Waals surface area contributed by atoms with Crippen molar-refractivity contribution in [2.24, 2.45) is 0 Å². The van der Waals surface area contributed by atoms with Crippen molar-refractivity contribution in [2.45, 2.75) is 6.54 Å². The Kier molecular flexibility index (Phi) is 6.19. The minimum Gasteiger partial charge on any atom is -0.496 e. The molecular weight excluding hydrogens is 348 g/mol. The van der Waals surface area contributed by atoms with Crippen LogP contribution in [0.4, 0.5) is 5.69 Å². The lowest BCUT2D eigenvalue weighted by Crippen LogP contribution is -2.31. The van der Waals surface area contributed by atoms with Crippen LogP contribution in [-0.4, -0.2) is 36.5 Å². The van der Waals surface area contributed by atoms with Gasteiger partial charge in [-0.2, -0.15) is 0 Å². The van der Waals surface area contributed by atoms with Crippen LogP contribution in [0.5, 0.6) is 11.5 Å². The van der Waals surface area contributed by atoms with E-state index in [4.69, 9.17) is 21.1 Å². The Morgan fingerprint density at radius 3 is 2.52 bits per heavy atom. The van der Waals surface area contributed by atoms with E-state index in [9.17, 15) is 14.9 Å². The maximum Gasteiger partial charge on any atom is 0.269 e. The smallest absolute Gasteiger partial charge is 0.269 e. The predicted octanol–water partition coefficient (Wildman–Crippen LogP) is 3.29. The number of rotatable bonds is 7. The van der Waals surface area contributed by atoms with Crippen LogP contribution in [0.15, 0.2) is 42.5 Å². The van der Waals surface area contributed by atoms with Crippen LogP contribution in [0.2, 0.25) is 5.02 Å². The van der Waals surface area contributed by atoms with E-state index >= 15 is 0 Å². The number of hydrogen-bond donors (Lipinski definition) is 0. The molecule has 0 aliphatic heterocycles. The number of hydrogen-bond acceptors (Lipinski definition) is 5. The van der Waals surface area contributed by atoms with Gasteiger partial charge >= 0.3 is 0 Å². The van der Waals surface area contributed by atoms with Crippen molar-refractivity contribution in [3.63, 3.8) is 0 Å². The number of methoxy groups -OCH3 is 1. The van der Waals surface area contributed by atoms with Crippen molar-refractivity contribution in [1.82, 2.24) is 4.90 Å². The maximum atomic E-state index is 12.2. The molecule has 0 spiro atoms. The average molecular weight is 365 g/mol. The quantitative estimate of drug-likeness (QED) is 0.556. The molecule has 0 atom stereocenters. The molecule has 0 bridgehead atoms. The summed E-state index contributed by atoms with van der Waals surface area (Å²) in [5, 5.41) is 11.2. The molecule has 0 N–H and O–H groups in total. The summed E-state index contributed by atoms with van der Waals surface area (Å²) < 4.78 is 10.6. The number of likely N-dealkylation sites (N-methyl/N-ethyl adjacent to an activating group) is 1.